The van der Waals surface area contributed by atoms with Crippen LogP contribution in [0.2, 0.25) is 0 Å². The van der Waals surface area contributed by atoms with Gasteiger partial charge in [0.05, 0.1) is 29.5 Å². The summed E-state index contributed by atoms with van der Waals surface area (Å²) in [5, 5.41) is 14.4. The molecule has 21 heavy (non-hydrogen) atoms. The summed E-state index contributed by atoms with van der Waals surface area (Å²) in [6.07, 6.45) is -0.784. The van der Waals surface area contributed by atoms with Gasteiger partial charge in [-0.3, -0.25) is 0 Å². The van der Waals surface area contributed by atoms with Crippen LogP contribution in [0.15, 0.2) is 34.1 Å². The van der Waals surface area contributed by atoms with Crippen LogP contribution < -0.4 is 5.32 Å². The average molecular weight is 378 g/mol. The lowest BCUT2D eigenvalue weighted by atomic mass is 10.2. The van der Waals surface area contributed by atoms with Crippen LogP contribution in [0.1, 0.15) is 4.88 Å². The lowest BCUT2D eigenvalue weighted by molar-refractivity contribution is 0.0358. The Balaban J connectivity index is 1.76. The molecule has 2 rings (SSSR count). The SMILES string of the molecule is OC(CNc1cc(Br)c(F)cc1F)COCc1cccs1. The Morgan fingerprint density at radius 1 is 1.33 bits per heavy atom. The minimum atomic E-state index is -0.784. The molecular formula is C14H14BrF2NO2S. The molecule has 1 unspecified atom stereocenters. The number of ether oxygens (including phenoxy) is 1. The number of rotatable bonds is 7. The molecule has 114 valence electrons. The molecule has 0 saturated heterocycles. The second kappa shape index (κ2) is 7.84. The Bertz CT molecular complexity index is 581. The third kappa shape index (κ3) is 5.03. The molecule has 1 aromatic carbocycles. The van der Waals surface area contributed by atoms with Crippen molar-refractivity contribution in [3.8, 4) is 0 Å². The van der Waals surface area contributed by atoms with E-state index in [9.17, 15) is 13.9 Å². The van der Waals surface area contributed by atoms with Gasteiger partial charge in [-0.1, -0.05) is 6.07 Å². The van der Waals surface area contributed by atoms with E-state index in [1.54, 1.807) is 11.3 Å². The Morgan fingerprint density at radius 3 is 2.86 bits per heavy atom. The molecule has 0 aliphatic carbocycles. The van der Waals surface area contributed by atoms with E-state index >= 15 is 0 Å². The van der Waals surface area contributed by atoms with Crippen molar-refractivity contribution in [1.82, 2.24) is 0 Å². The Morgan fingerprint density at radius 2 is 2.14 bits per heavy atom. The third-order valence-corrected chi connectivity index (χ3v) is 4.13. The first-order chi connectivity index (χ1) is 10.1. The van der Waals surface area contributed by atoms with Crippen LogP contribution in [0.3, 0.4) is 0 Å². The molecule has 0 amide bonds. The first-order valence-corrected chi connectivity index (χ1v) is 7.90. The third-order valence-electron chi connectivity index (χ3n) is 2.67. The molecule has 2 aromatic rings. The highest BCUT2D eigenvalue weighted by molar-refractivity contribution is 9.10. The van der Waals surface area contributed by atoms with Gasteiger partial charge in [0, 0.05) is 17.5 Å². The molecule has 0 spiro atoms. The van der Waals surface area contributed by atoms with Gasteiger partial charge in [-0.15, -0.1) is 11.3 Å². The van der Waals surface area contributed by atoms with Gasteiger partial charge in [-0.2, -0.15) is 0 Å². The van der Waals surface area contributed by atoms with Gasteiger partial charge < -0.3 is 15.2 Å². The van der Waals surface area contributed by atoms with Crippen LogP contribution in [0, 0.1) is 11.6 Å². The number of halogens is 3. The second-order valence-electron chi connectivity index (χ2n) is 4.38. The maximum Gasteiger partial charge on any atom is 0.149 e. The van der Waals surface area contributed by atoms with Crippen molar-refractivity contribution in [3.63, 3.8) is 0 Å². The van der Waals surface area contributed by atoms with Gasteiger partial charge >= 0.3 is 0 Å². The molecule has 1 heterocycles. The normalized spacial score (nSPS) is 12.4. The fourth-order valence-corrected chi connectivity index (χ4v) is 2.62. The van der Waals surface area contributed by atoms with Crippen molar-refractivity contribution in [2.75, 3.05) is 18.5 Å². The van der Waals surface area contributed by atoms with Crippen molar-refractivity contribution in [3.05, 3.63) is 50.6 Å². The van der Waals surface area contributed by atoms with E-state index in [-0.39, 0.29) is 23.3 Å². The zero-order chi connectivity index (χ0) is 15.2. The van der Waals surface area contributed by atoms with Crippen molar-refractivity contribution in [2.45, 2.75) is 12.7 Å². The molecule has 7 heteroatoms. The number of hydrogen-bond donors (Lipinski definition) is 2. The minimum absolute atomic E-state index is 0.111. The van der Waals surface area contributed by atoms with Crippen molar-refractivity contribution < 1.29 is 18.6 Å². The number of aliphatic hydroxyl groups is 1. The van der Waals surface area contributed by atoms with Gasteiger partial charge in [-0.25, -0.2) is 8.78 Å². The molecule has 0 fully saturated rings. The molecule has 0 aliphatic rings. The van der Waals surface area contributed by atoms with E-state index in [0.29, 0.717) is 6.61 Å². The van der Waals surface area contributed by atoms with E-state index in [0.717, 1.165) is 10.9 Å². The molecular weight excluding hydrogens is 364 g/mol. The lowest BCUT2D eigenvalue weighted by Gasteiger charge is -2.14. The summed E-state index contributed by atoms with van der Waals surface area (Å²) >= 11 is 4.56. The largest absolute Gasteiger partial charge is 0.389 e. The van der Waals surface area contributed by atoms with Crippen LogP contribution in [0.4, 0.5) is 14.5 Å². The fourth-order valence-electron chi connectivity index (χ4n) is 1.63. The summed E-state index contributed by atoms with van der Waals surface area (Å²) in [6, 6.07) is 5.95. The first kappa shape index (κ1) is 16.4. The summed E-state index contributed by atoms with van der Waals surface area (Å²) < 4.78 is 32.1. The average Bonchev–Trinajstić information content (AvgIpc) is 2.94. The number of thiophene rings is 1. The summed E-state index contributed by atoms with van der Waals surface area (Å²) in [6.45, 7) is 0.680. The predicted octanol–water partition coefficient (Wildman–Crippen LogP) is 3.78. The maximum absolute atomic E-state index is 13.5. The van der Waals surface area contributed by atoms with E-state index in [1.807, 2.05) is 17.5 Å². The Labute approximate surface area is 133 Å². The van der Waals surface area contributed by atoms with Gasteiger partial charge in [-0.05, 0) is 33.4 Å². The van der Waals surface area contributed by atoms with E-state index in [1.165, 1.54) is 6.07 Å². The Kier molecular flexibility index (Phi) is 6.10. The van der Waals surface area contributed by atoms with Crippen LogP contribution in [0.5, 0.6) is 0 Å². The zero-order valence-corrected chi connectivity index (χ0v) is 13.4. The summed E-state index contributed by atoms with van der Waals surface area (Å²) in [7, 11) is 0. The highest BCUT2D eigenvalue weighted by Crippen LogP contribution is 2.23. The molecule has 0 radical (unpaired) electrons. The quantitative estimate of drug-likeness (QED) is 0.721. The molecule has 2 N–H and O–H groups in total. The van der Waals surface area contributed by atoms with Crippen LogP contribution >= 0.6 is 27.3 Å². The molecule has 0 aliphatic heterocycles. The highest BCUT2D eigenvalue weighted by Gasteiger charge is 2.10. The number of aliphatic hydroxyl groups excluding tert-OH is 1. The molecule has 1 aromatic heterocycles. The van der Waals surface area contributed by atoms with Gasteiger partial charge in [0.1, 0.15) is 11.6 Å². The van der Waals surface area contributed by atoms with Crippen molar-refractivity contribution >= 4 is 33.0 Å². The van der Waals surface area contributed by atoms with Gasteiger partial charge in [0.15, 0.2) is 0 Å². The Hall–Kier alpha value is -1.02. The van der Waals surface area contributed by atoms with E-state index in [2.05, 4.69) is 21.2 Å². The summed E-state index contributed by atoms with van der Waals surface area (Å²) in [4.78, 5) is 1.07. The monoisotopic (exact) mass is 377 g/mol. The molecule has 3 nitrogen and oxygen atoms in total. The summed E-state index contributed by atoms with van der Waals surface area (Å²) in [5.41, 5.74) is 0.126. The standard InChI is InChI=1S/C14H14BrF2NO2S/c15-11-4-14(13(17)5-12(11)16)18-6-9(19)7-20-8-10-2-1-3-21-10/h1-5,9,18-19H,6-8H2. The molecule has 0 bridgehead atoms. The molecule has 0 saturated carbocycles. The minimum Gasteiger partial charge on any atom is -0.389 e. The number of hydrogen-bond acceptors (Lipinski definition) is 4. The summed E-state index contributed by atoms with van der Waals surface area (Å²) in [5.74, 6) is -1.37. The topological polar surface area (TPSA) is 41.5 Å². The predicted molar refractivity (Wildman–Crippen MR) is 82.5 cm³/mol. The maximum atomic E-state index is 13.5. The fraction of sp³-hybridized carbons (Fsp3) is 0.286. The zero-order valence-electron chi connectivity index (χ0n) is 11.0. The van der Waals surface area contributed by atoms with Crippen LogP contribution in [-0.4, -0.2) is 24.4 Å². The van der Waals surface area contributed by atoms with Crippen molar-refractivity contribution in [2.24, 2.45) is 0 Å². The number of nitrogens with one attached hydrogen (secondary N) is 1. The molecule has 1 atom stereocenters. The van der Waals surface area contributed by atoms with E-state index < -0.39 is 17.7 Å². The van der Waals surface area contributed by atoms with Crippen LogP contribution in [0.25, 0.3) is 0 Å². The highest BCUT2D eigenvalue weighted by atomic mass is 79.9. The smallest absolute Gasteiger partial charge is 0.149 e. The second-order valence-corrected chi connectivity index (χ2v) is 6.26. The lowest BCUT2D eigenvalue weighted by Crippen LogP contribution is -2.25. The van der Waals surface area contributed by atoms with Gasteiger partial charge in [0.2, 0.25) is 0 Å². The first-order valence-electron chi connectivity index (χ1n) is 6.23. The number of benzene rings is 1. The number of anilines is 1. The van der Waals surface area contributed by atoms with E-state index in [4.69, 9.17) is 4.74 Å². The van der Waals surface area contributed by atoms with Crippen LogP contribution in [-0.2, 0) is 11.3 Å². The van der Waals surface area contributed by atoms with Gasteiger partial charge in [0.25, 0.3) is 0 Å². The van der Waals surface area contributed by atoms with Crippen molar-refractivity contribution in [1.29, 1.82) is 0 Å².